The number of nitrogen functional groups attached to an aromatic ring is 3. The van der Waals surface area contributed by atoms with E-state index in [1.807, 2.05) is 127 Å². The van der Waals surface area contributed by atoms with Gasteiger partial charge < -0.3 is 38.3 Å². The number of sulfonamides is 3. The molecule has 0 saturated heterocycles. The van der Waals surface area contributed by atoms with Gasteiger partial charge in [0, 0.05) is 73.0 Å². The van der Waals surface area contributed by atoms with Crippen LogP contribution in [0, 0.1) is 0 Å². The molecule has 0 radical (unpaired) electrons. The van der Waals surface area contributed by atoms with Crippen molar-refractivity contribution < 1.29 is 44.7 Å². The van der Waals surface area contributed by atoms with Crippen molar-refractivity contribution in [2.24, 2.45) is 0 Å². The van der Waals surface area contributed by atoms with E-state index in [-0.39, 0.29) is 30.8 Å². The smallest absolute Gasteiger partial charge is 0.311 e. The van der Waals surface area contributed by atoms with Crippen LogP contribution in [-0.4, -0.2) is 149 Å². The highest BCUT2D eigenvalue weighted by molar-refractivity contribution is 7.88. The van der Waals surface area contributed by atoms with Gasteiger partial charge in [-0.2, -0.15) is 27.8 Å². The first-order valence-electron chi connectivity index (χ1n) is 31.9. The molecule has 3 atom stereocenters. The van der Waals surface area contributed by atoms with Gasteiger partial charge in [-0.1, -0.05) is 109 Å². The highest BCUT2D eigenvalue weighted by Crippen LogP contribution is 2.41. The van der Waals surface area contributed by atoms with E-state index in [1.54, 1.807) is 0 Å². The Morgan fingerprint density at radius 2 is 0.866 bits per heavy atom. The molecule has 15 rings (SSSR count). The van der Waals surface area contributed by atoms with Crippen molar-refractivity contribution in [1.29, 1.82) is 0 Å². The van der Waals surface area contributed by atoms with Gasteiger partial charge in [-0.05, 0) is 125 Å². The Hall–Kier alpha value is -9.71. The predicted molar refractivity (Wildman–Crippen MR) is 375 cm³/mol. The molecule has 6 aliphatic rings. The average Bonchev–Trinajstić information content (AvgIpc) is 1.72. The van der Waals surface area contributed by atoms with Crippen molar-refractivity contribution in [1.82, 2.24) is 42.7 Å². The minimum absolute atomic E-state index is 0.103. The molecule has 0 fully saturated rings. The number of carbonyl (C=O) groups is 3. The van der Waals surface area contributed by atoms with Crippen molar-refractivity contribution in [3.8, 4) is 33.4 Å². The van der Waals surface area contributed by atoms with Crippen molar-refractivity contribution in [3.05, 3.63) is 196 Å². The maximum atomic E-state index is 13.7. The molecule has 25 nitrogen and oxygen atoms in total. The zero-order chi connectivity index (χ0) is 68.5. The summed E-state index contributed by atoms with van der Waals surface area (Å²) in [5.74, 6) is -1.19. The van der Waals surface area contributed by atoms with Gasteiger partial charge in [0.2, 0.25) is 30.1 Å². The monoisotopic (exact) mass is 1370 g/mol. The van der Waals surface area contributed by atoms with Gasteiger partial charge in [0.1, 0.15) is 17.5 Å². The minimum atomic E-state index is -3.38. The number of H-pyrrole nitrogens is 1. The SMILES string of the molecule is CS(=O)(=O)N1CCc2c(N)n[nH]c2C1.CS(=O)(=O)N1CCc2c(N)nn(C(=O)C3CCNc4ccc(-c5ccccc5)cc43)c2C1.CS(=O)(=O)N1CCc2c(nn(C(=O)C3CCNc4ccc(-c5ccccc5)cc43)c2N)C1.O=C(O)C1CCNc2ccc(-c3ccccc3)cc21. The van der Waals surface area contributed by atoms with E-state index in [0.29, 0.717) is 113 Å². The number of fused-ring (bicyclic) bond motifs is 6. The lowest BCUT2D eigenvalue weighted by atomic mass is 9.88. The highest BCUT2D eigenvalue weighted by Gasteiger charge is 2.37. The van der Waals surface area contributed by atoms with Crippen LogP contribution in [0.15, 0.2) is 146 Å². The van der Waals surface area contributed by atoms with E-state index in [0.717, 1.165) is 89.5 Å². The number of nitrogens with zero attached hydrogens (tertiary/aromatic N) is 8. The second-order valence-electron chi connectivity index (χ2n) is 24.9. The number of hydrogen-bond donors (Lipinski definition) is 8. The number of hydrogen-bond acceptors (Lipinski definition) is 18. The zero-order valence-electron chi connectivity index (χ0n) is 53.9. The van der Waals surface area contributed by atoms with E-state index in [2.05, 4.69) is 54.5 Å². The number of aliphatic carboxylic acids is 1. The Kier molecular flexibility index (Phi) is 19.3. The number of aromatic amines is 1. The van der Waals surface area contributed by atoms with Crippen LogP contribution in [0.2, 0.25) is 0 Å². The Balaban J connectivity index is 0.000000129. The molecule has 0 aliphatic carbocycles. The van der Waals surface area contributed by atoms with E-state index in [4.69, 9.17) is 17.2 Å². The van der Waals surface area contributed by atoms with Crippen LogP contribution in [0.5, 0.6) is 0 Å². The van der Waals surface area contributed by atoms with E-state index in [1.165, 1.54) is 41.0 Å². The Morgan fingerprint density at radius 1 is 0.464 bits per heavy atom. The number of carboxylic acids is 1. The molecule has 0 amide bonds. The van der Waals surface area contributed by atoms with E-state index < -0.39 is 47.9 Å². The van der Waals surface area contributed by atoms with Gasteiger partial charge in [0.15, 0.2) is 0 Å². The lowest BCUT2D eigenvalue weighted by Gasteiger charge is -2.28. The molecule has 97 heavy (non-hydrogen) atoms. The summed E-state index contributed by atoms with van der Waals surface area (Å²) in [4.78, 5) is 38.6. The Morgan fingerprint density at radius 3 is 1.32 bits per heavy atom. The molecule has 6 aromatic carbocycles. The summed E-state index contributed by atoms with van der Waals surface area (Å²) in [6.45, 7) is 3.81. The van der Waals surface area contributed by atoms with Crippen LogP contribution in [0.4, 0.5) is 34.5 Å². The molecule has 0 spiro atoms. The number of benzene rings is 6. The lowest BCUT2D eigenvalue weighted by Crippen LogP contribution is -2.37. The molecule has 11 N–H and O–H groups in total. The van der Waals surface area contributed by atoms with Crippen LogP contribution >= 0.6 is 0 Å². The van der Waals surface area contributed by atoms with Crippen molar-refractivity contribution in [2.75, 3.05) is 91.2 Å². The van der Waals surface area contributed by atoms with Crippen LogP contribution in [-0.2, 0) is 73.8 Å². The Bertz CT molecular complexity index is 4810. The van der Waals surface area contributed by atoms with Crippen LogP contribution < -0.4 is 33.2 Å². The summed E-state index contributed by atoms with van der Waals surface area (Å²) in [5.41, 5.74) is 34.4. The standard InChI is InChI=1S/2C23H25N5O3S.C16H15NO2.C7H12N4O2S/c1-32(30,31)27-12-10-18-21(14-27)28(26-22(18)24)23(29)17-9-11-25-20-8-7-16(13-19(17)20)15-5-3-2-4-6-15;1-32(30,31)27-12-10-18-21(14-27)26-28(22(18)24)23(29)17-9-11-25-20-8-7-16(13-19(17)20)15-5-3-2-4-6-15;18-16(19)13-8-9-17-15-7-6-12(10-14(13)15)11-4-2-1-3-5-11;1-14(12,13)11-3-2-5-6(4-11)9-10-7(5)8/h2-8,13,17,25H,9-12,14H2,1H3,(H2,24,26);2-8,13,17,25H,9-12,14,24H2,1H3;1-7,10,13,17H,8-9H2,(H,18,19);2-4H2,1H3,(H3,8,9,10). The van der Waals surface area contributed by atoms with E-state index >= 15 is 0 Å². The normalized spacial score (nSPS) is 18.2. The molecule has 0 bridgehead atoms. The number of carboxylic acid groups (broad SMARTS) is 1. The second-order valence-corrected chi connectivity index (χ2v) is 30.8. The van der Waals surface area contributed by atoms with Gasteiger partial charge in [-0.3, -0.25) is 19.5 Å². The van der Waals surface area contributed by atoms with Crippen molar-refractivity contribution in [3.63, 3.8) is 0 Å². The molecule has 9 heterocycles. The van der Waals surface area contributed by atoms with Gasteiger partial charge in [0.25, 0.3) is 11.8 Å². The largest absolute Gasteiger partial charge is 0.481 e. The average molecular weight is 1370 g/mol. The Labute approximate surface area is 563 Å². The molecule has 28 heteroatoms. The van der Waals surface area contributed by atoms with Gasteiger partial charge in [-0.15, -0.1) is 5.10 Å². The number of anilines is 6. The summed E-state index contributed by atoms with van der Waals surface area (Å²) in [7, 11) is -9.83. The quantitative estimate of drug-likeness (QED) is 0.0677. The first kappa shape index (κ1) is 67.3. The number of rotatable bonds is 9. The summed E-state index contributed by atoms with van der Waals surface area (Å²) < 4.78 is 77.4. The number of carbonyl (C=O) groups excluding carboxylic acids is 2. The fraction of sp³-hybridized carbons (Fsp3) is 0.304. The summed E-state index contributed by atoms with van der Waals surface area (Å²) >= 11 is 0. The van der Waals surface area contributed by atoms with Crippen LogP contribution in [0.3, 0.4) is 0 Å². The van der Waals surface area contributed by atoms with E-state index in [9.17, 15) is 44.7 Å². The summed E-state index contributed by atoms with van der Waals surface area (Å²) in [6, 6.07) is 48.3. The maximum absolute atomic E-state index is 13.7. The molecule has 506 valence electrons. The number of nitrogens with one attached hydrogen (secondary N) is 4. The molecule has 3 unspecified atom stereocenters. The molecule has 3 aromatic heterocycles. The first-order valence-corrected chi connectivity index (χ1v) is 37.4. The minimum Gasteiger partial charge on any atom is -0.481 e. The van der Waals surface area contributed by atoms with Crippen LogP contribution in [0.25, 0.3) is 33.4 Å². The summed E-state index contributed by atoms with van der Waals surface area (Å²) in [6.07, 6.45) is 6.98. The first-order chi connectivity index (χ1) is 46.4. The summed E-state index contributed by atoms with van der Waals surface area (Å²) in [5, 5.41) is 34.7. The van der Waals surface area contributed by atoms with Gasteiger partial charge in [0.05, 0.1) is 73.2 Å². The van der Waals surface area contributed by atoms with Crippen molar-refractivity contribution >= 4 is 82.4 Å². The zero-order valence-corrected chi connectivity index (χ0v) is 56.3. The fourth-order valence-electron chi connectivity index (χ4n) is 13.4. The third-order valence-electron chi connectivity index (χ3n) is 18.6. The lowest BCUT2D eigenvalue weighted by molar-refractivity contribution is -0.139. The topological polar surface area (TPSA) is 362 Å². The van der Waals surface area contributed by atoms with Crippen molar-refractivity contribution in [2.45, 2.75) is 75.9 Å². The molecule has 0 saturated carbocycles. The second kappa shape index (κ2) is 27.8. The molecule has 6 aliphatic heterocycles. The van der Waals surface area contributed by atoms with Gasteiger partial charge >= 0.3 is 5.97 Å². The number of nitrogens with two attached hydrogens (primary N) is 3. The fourth-order valence-corrected chi connectivity index (χ4v) is 15.7. The predicted octanol–water partition coefficient (Wildman–Crippen LogP) is 8.03. The molecule has 9 aromatic rings. The highest BCUT2D eigenvalue weighted by atomic mass is 32.2. The third-order valence-corrected chi connectivity index (χ3v) is 22.3. The van der Waals surface area contributed by atoms with Crippen LogP contribution in [0.1, 0.15) is 97.1 Å². The molecular formula is C69H77N15O10S3. The van der Waals surface area contributed by atoms with Gasteiger partial charge in [-0.25, -0.2) is 29.9 Å². The third kappa shape index (κ3) is 14.5. The molecular weight excluding hydrogens is 1300 g/mol. The maximum Gasteiger partial charge on any atom is 0.311 e. The number of aromatic nitrogens is 6.